The quantitative estimate of drug-likeness (QED) is 0.563. The molecule has 2 aromatic carbocycles. The first-order valence-electron chi connectivity index (χ1n) is 11.2. The lowest BCUT2D eigenvalue weighted by molar-refractivity contribution is -0.144. The molecule has 5 rings (SSSR count). The molecule has 0 spiro atoms. The maximum atomic E-state index is 12.8. The molecule has 34 heavy (non-hydrogen) atoms. The Morgan fingerprint density at radius 2 is 1.68 bits per heavy atom. The van der Waals surface area contributed by atoms with E-state index >= 15 is 0 Å². The predicted octanol–water partition coefficient (Wildman–Crippen LogP) is 4.43. The predicted molar refractivity (Wildman–Crippen MR) is 124 cm³/mol. The van der Waals surface area contributed by atoms with Gasteiger partial charge in [-0.05, 0) is 22.3 Å². The molecule has 1 aromatic heterocycles. The number of hydrogen-bond acceptors (Lipinski definition) is 5. The standard InChI is InChI=1S/C26H24N2O6/c1-15(25(30)31)16-12-28(13-16)24(29)23-22(10-11-33-23)27-26(32)34-14-21-19-8-4-2-6-17(19)18-7-3-5-9-20(18)21/h2-11,15-16,21H,12-14H2,1H3,(H,27,32)(H,30,31). The molecule has 0 bridgehead atoms. The Hall–Kier alpha value is -4.07. The van der Waals surface area contributed by atoms with Crippen molar-refractivity contribution in [1.82, 2.24) is 4.90 Å². The van der Waals surface area contributed by atoms with Gasteiger partial charge in [-0.15, -0.1) is 0 Å². The molecule has 2 heterocycles. The Morgan fingerprint density at radius 3 is 2.29 bits per heavy atom. The molecule has 3 aromatic rings. The first-order valence-corrected chi connectivity index (χ1v) is 11.2. The number of hydrogen-bond donors (Lipinski definition) is 2. The number of carboxylic acid groups (broad SMARTS) is 1. The largest absolute Gasteiger partial charge is 0.481 e. The maximum absolute atomic E-state index is 12.8. The molecule has 1 aliphatic heterocycles. The fourth-order valence-electron chi connectivity index (χ4n) is 4.66. The normalized spacial score (nSPS) is 15.7. The van der Waals surface area contributed by atoms with Crippen molar-refractivity contribution >= 4 is 23.7 Å². The fraction of sp³-hybridized carbons (Fsp3) is 0.269. The number of carbonyl (C=O) groups is 3. The second-order valence-electron chi connectivity index (χ2n) is 8.71. The van der Waals surface area contributed by atoms with Crippen LogP contribution in [0.15, 0.2) is 65.3 Å². The van der Waals surface area contributed by atoms with E-state index in [-0.39, 0.29) is 29.9 Å². The number of anilines is 1. The average Bonchev–Trinajstić information content (AvgIpc) is 3.39. The third-order valence-electron chi connectivity index (χ3n) is 6.73. The summed E-state index contributed by atoms with van der Waals surface area (Å²) in [4.78, 5) is 38.0. The number of rotatable bonds is 6. The fourth-order valence-corrected chi connectivity index (χ4v) is 4.66. The molecule has 0 saturated carbocycles. The van der Waals surface area contributed by atoms with E-state index in [9.17, 15) is 14.4 Å². The second kappa shape index (κ2) is 8.70. The summed E-state index contributed by atoms with van der Waals surface area (Å²) in [5.41, 5.74) is 4.72. The highest BCUT2D eigenvalue weighted by molar-refractivity contribution is 6.00. The van der Waals surface area contributed by atoms with Crippen molar-refractivity contribution in [2.45, 2.75) is 12.8 Å². The minimum absolute atomic E-state index is 0.00469. The van der Waals surface area contributed by atoms with Gasteiger partial charge < -0.3 is 19.2 Å². The Kier molecular flexibility index (Phi) is 5.57. The number of aliphatic carboxylic acids is 1. The average molecular weight is 460 g/mol. The molecule has 2 N–H and O–H groups in total. The van der Waals surface area contributed by atoms with Gasteiger partial charge in [-0.1, -0.05) is 55.5 Å². The van der Waals surface area contributed by atoms with E-state index in [2.05, 4.69) is 17.4 Å². The molecule has 0 radical (unpaired) electrons. The molecule has 8 nitrogen and oxygen atoms in total. The third-order valence-corrected chi connectivity index (χ3v) is 6.73. The van der Waals surface area contributed by atoms with Crippen LogP contribution in [0, 0.1) is 11.8 Å². The van der Waals surface area contributed by atoms with E-state index in [0.29, 0.717) is 13.1 Å². The molecule has 174 valence electrons. The number of fused-ring (bicyclic) bond motifs is 3. The third kappa shape index (κ3) is 3.81. The zero-order valence-corrected chi connectivity index (χ0v) is 18.6. The topological polar surface area (TPSA) is 109 Å². The van der Waals surface area contributed by atoms with Gasteiger partial charge in [0.05, 0.1) is 17.9 Å². The van der Waals surface area contributed by atoms with Crippen LogP contribution in [0.25, 0.3) is 11.1 Å². The minimum atomic E-state index is -0.882. The smallest absolute Gasteiger partial charge is 0.411 e. The zero-order chi connectivity index (χ0) is 23.8. The van der Waals surface area contributed by atoms with Crippen molar-refractivity contribution in [3.63, 3.8) is 0 Å². The molecule has 1 unspecified atom stereocenters. The molecular formula is C26H24N2O6. The number of benzene rings is 2. The number of amides is 2. The Balaban J connectivity index is 1.21. The summed E-state index contributed by atoms with van der Waals surface area (Å²) in [5.74, 6) is -1.98. The summed E-state index contributed by atoms with van der Waals surface area (Å²) in [6.45, 7) is 2.45. The lowest BCUT2D eigenvalue weighted by atomic mass is 9.87. The summed E-state index contributed by atoms with van der Waals surface area (Å²) >= 11 is 0. The highest BCUT2D eigenvalue weighted by Gasteiger charge is 2.39. The molecule has 2 aliphatic rings. The summed E-state index contributed by atoms with van der Waals surface area (Å²) < 4.78 is 10.9. The van der Waals surface area contributed by atoms with Crippen LogP contribution in [-0.2, 0) is 9.53 Å². The van der Waals surface area contributed by atoms with Crippen molar-refractivity contribution in [2.75, 3.05) is 25.0 Å². The van der Waals surface area contributed by atoms with Crippen LogP contribution >= 0.6 is 0 Å². The highest BCUT2D eigenvalue weighted by atomic mass is 16.5. The first-order chi connectivity index (χ1) is 16.4. The van der Waals surface area contributed by atoms with Crippen LogP contribution < -0.4 is 5.32 Å². The Labute approximate surface area is 196 Å². The van der Waals surface area contributed by atoms with Gasteiger partial charge >= 0.3 is 12.1 Å². The SMILES string of the molecule is CC(C(=O)O)C1CN(C(=O)c2occc2NC(=O)OCC2c3ccccc3-c3ccccc32)C1. The van der Waals surface area contributed by atoms with Crippen molar-refractivity contribution in [3.05, 3.63) is 77.7 Å². The number of furan rings is 1. The number of likely N-dealkylation sites (tertiary alicyclic amines) is 1. The molecular weight excluding hydrogens is 436 g/mol. The number of nitrogens with zero attached hydrogens (tertiary/aromatic N) is 1. The van der Waals surface area contributed by atoms with Crippen LogP contribution in [-0.4, -0.2) is 47.7 Å². The lowest BCUT2D eigenvalue weighted by Crippen LogP contribution is -2.53. The van der Waals surface area contributed by atoms with Crippen LogP contribution in [0.3, 0.4) is 0 Å². The maximum Gasteiger partial charge on any atom is 0.411 e. The molecule has 1 saturated heterocycles. The van der Waals surface area contributed by atoms with Crippen LogP contribution in [0.1, 0.15) is 34.5 Å². The van der Waals surface area contributed by atoms with Gasteiger partial charge in [0.25, 0.3) is 5.91 Å². The van der Waals surface area contributed by atoms with Gasteiger partial charge in [0, 0.05) is 31.0 Å². The van der Waals surface area contributed by atoms with Crippen molar-refractivity contribution in [1.29, 1.82) is 0 Å². The Morgan fingerprint density at radius 1 is 1.06 bits per heavy atom. The summed E-state index contributed by atoms with van der Waals surface area (Å²) in [5, 5.41) is 11.7. The highest BCUT2D eigenvalue weighted by Crippen LogP contribution is 2.44. The van der Waals surface area contributed by atoms with Crippen molar-refractivity contribution in [2.24, 2.45) is 11.8 Å². The van der Waals surface area contributed by atoms with Crippen LogP contribution in [0.4, 0.5) is 10.5 Å². The van der Waals surface area contributed by atoms with Gasteiger partial charge in [0.15, 0.2) is 0 Å². The van der Waals surface area contributed by atoms with Crippen molar-refractivity contribution < 1.29 is 28.6 Å². The summed E-state index contributed by atoms with van der Waals surface area (Å²) in [6.07, 6.45) is 0.641. The minimum Gasteiger partial charge on any atom is -0.481 e. The summed E-state index contributed by atoms with van der Waals surface area (Å²) in [6, 6.07) is 17.6. The number of ether oxygens (including phenoxy) is 1. The number of carboxylic acids is 1. The van der Waals surface area contributed by atoms with Gasteiger partial charge in [-0.2, -0.15) is 0 Å². The van der Waals surface area contributed by atoms with E-state index < -0.39 is 23.9 Å². The molecule has 1 fully saturated rings. The van der Waals surface area contributed by atoms with Gasteiger partial charge in [-0.25, -0.2) is 4.79 Å². The van der Waals surface area contributed by atoms with E-state index in [1.54, 1.807) is 6.92 Å². The van der Waals surface area contributed by atoms with Gasteiger partial charge in [0.2, 0.25) is 5.76 Å². The van der Waals surface area contributed by atoms with E-state index in [1.807, 2.05) is 36.4 Å². The number of nitrogens with one attached hydrogen (secondary N) is 1. The van der Waals surface area contributed by atoms with Crippen LogP contribution in [0.5, 0.6) is 0 Å². The zero-order valence-electron chi connectivity index (χ0n) is 18.6. The van der Waals surface area contributed by atoms with Crippen LogP contribution in [0.2, 0.25) is 0 Å². The van der Waals surface area contributed by atoms with E-state index in [0.717, 1.165) is 22.3 Å². The molecule has 1 atom stereocenters. The number of carbonyl (C=O) groups excluding carboxylic acids is 2. The molecule has 8 heteroatoms. The van der Waals surface area contributed by atoms with E-state index in [4.69, 9.17) is 14.3 Å². The molecule has 2 amide bonds. The van der Waals surface area contributed by atoms with Gasteiger partial charge in [0.1, 0.15) is 6.61 Å². The second-order valence-corrected chi connectivity index (χ2v) is 8.71. The summed E-state index contributed by atoms with van der Waals surface area (Å²) in [7, 11) is 0. The van der Waals surface area contributed by atoms with E-state index in [1.165, 1.54) is 17.2 Å². The first kappa shape index (κ1) is 21.8. The lowest BCUT2D eigenvalue weighted by Gasteiger charge is -2.40. The monoisotopic (exact) mass is 460 g/mol. The van der Waals surface area contributed by atoms with Crippen molar-refractivity contribution in [3.8, 4) is 11.1 Å². The van der Waals surface area contributed by atoms with Gasteiger partial charge in [-0.3, -0.25) is 14.9 Å². The molecule has 1 aliphatic carbocycles. The Bertz CT molecular complexity index is 1210.